The minimum absolute atomic E-state index is 0.106. The van der Waals surface area contributed by atoms with Crippen molar-refractivity contribution in [3.63, 3.8) is 0 Å². The monoisotopic (exact) mass is 248 g/mol. The average molecular weight is 249 g/mol. The van der Waals surface area contributed by atoms with Gasteiger partial charge in [-0.2, -0.15) is 0 Å². The van der Waals surface area contributed by atoms with Crippen LogP contribution in [0.1, 0.15) is 5.56 Å². The molecule has 1 rings (SSSR count). The van der Waals surface area contributed by atoms with Crippen molar-refractivity contribution >= 4 is 22.0 Å². The molecule has 0 unspecified atom stereocenters. The molecule has 70 valence electrons. The molecule has 0 saturated heterocycles. The van der Waals surface area contributed by atoms with Gasteiger partial charge < -0.3 is 4.74 Å². The first-order valence-corrected chi connectivity index (χ1v) is 4.28. The lowest BCUT2D eigenvalue weighted by molar-refractivity contribution is 0.341. The second kappa shape index (κ2) is 4.37. The lowest BCUT2D eigenvalue weighted by atomic mass is 10.2. The van der Waals surface area contributed by atoms with Crippen LogP contribution in [0.25, 0.3) is 6.08 Å². The van der Waals surface area contributed by atoms with Crippen molar-refractivity contribution in [1.82, 2.24) is 0 Å². The Balaban J connectivity index is 3.13. The molecule has 1 nitrogen and oxygen atoms in total. The predicted octanol–water partition coefficient (Wildman–Crippen LogP) is 3.34. The summed E-state index contributed by atoms with van der Waals surface area (Å²) in [6.45, 7) is 0. The number of hydrogen-bond donors (Lipinski definition) is 0. The Labute approximate surface area is 83.1 Å². The Morgan fingerprint density at radius 2 is 1.85 bits per heavy atom. The SMILES string of the molecule is CO/C=C\c1c(F)cc(Br)cc1F. The van der Waals surface area contributed by atoms with Crippen LogP contribution in [0.4, 0.5) is 8.78 Å². The zero-order valence-corrected chi connectivity index (χ0v) is 8.44. The third-order valence-corrected chi connectivity index (χ3v) is 1.87. The Bertz CT molecular complexity index is 313. The van der Waals surface area contributed by atoms with E-state index in [0.29, 0.717) is 4.47 Å². The summed E-state index contributed by atoms with van der Waals surface area (Å²) in [4.78, 5) is 0. The van der Waals surface area contributed by atoms with E-state index in [1.807, 2.05) is 0 Å². The van der Waals surface area contributed by atoms with Gasteiger partial charge >= 0.3 is 0 Å². The second-order valence-electron chi connectivity index (χ2n) is 2.32. The van der Waals surface area contributed by atoms with Gasteiger partial charge in [0.2, 0.25) is 0 Å². The van der Waals surface area contributed by atoms with Crippen molar-refractivity contribution in [2.24, 2.45) is 0 Å². The number of hydrogen-bond acceptors (Lipinski definition) is 1. The number of rotatable bonds is 2. The minimum atomic E-state index is -0.625. The second-order valence-corrected chi connectivity index (χ2v) is 3.24. The van der Waals surface area contributed by atoms with Crippen molar-refractivity contribution < 1.29 is 13.5 Å². The van der Waals surface area contributed by atoms with Crippen LogP contribution in [0.15, 0.2) is 22.9 Å². The molecular formula is C9H7BrF2O. The number of ether oxygens (including phenoxy) is 1. The molecule has 1 aromatic carbocycles. The molecule has 13 heavy (non-hydrogen) atoms. The average Bonchev–Trinajstić information content (AvgIpc) is 2.02. The predicted molar refractivity (Wildman–Crippen MR) is 50.1 cm³/mol. The summed E-state index contributed by atoms with van der Waals surface area (Å²) in [7, 11) is 1.41. The van der Waals surface area contributed by atoms with Crippen LogP contribution in [0.2, 0.25) is 0 Å². The molecule has 0 aliphatic rings. The van der Waals surface area contributed by atoms with Gasteiger partial charge in [-0.05, 0) is 18.2 Å². The highest BCUT2D eigenvalue weighted by molar-refractivity contribution is 9.10. The summed E-state index contributed by atoms with van der Waals surface area (Å²) >= 11 is 2.98. The van der Waals surface area contributed by atoms with Crippen molar-refractivity contribution in [3.05, 3.63) is 40.1 Å². The normalized spacial score (nSPS) is 10.8. The molecule has 0 bridgehead atoms. The third kappa shape index (κ3) is 2.52. The maximum Gasteiger partial charge on any atom is 0.134 e. The quantitative estimate of drug-likeness (QED) is 0.730. The van der Waals surface area contributed by atoms with Crippen LogP contribution >= 0.6 is 15.9 Å². The van der Waals surface area contributed by atoms with E-state index in [-0.39, 0.29) is 5.56 Å². The Hall–Kier alpha value is -0.900. The Kier molecular flexibility index (Phi) is 3.42. The standard InChI is InChI=1S/C9H7BrF2O/c1-13-3-2-7-8(11)4-6(10)5-9(7)12/h2-5H,1H3/b3-2-. The van der Waals surface area contributed by atoms with Crippen molar-refractivity contribution in [2.45, 2.75) is 0 Å². The molecule has 0 spiro atoms. The summed E-state index contributed by atoms with van der Waals surface area (Å²) in [6, 6.07) is 2.39. The first kappa shape index (κ1) is 10.2. The number of methoxy groups -OCH3 is 1. The van der Waals surface area contributed by atoms with Crippen LogP contribution in [-0.4, -0.2) is 7.11 Å². The molecule has 1 aromatic rings. The van der Waals surface area contributed by atoms with E-state index >= 15 is 0 Å². The molecule has 0 heterocycles. The molecular weight excluding hydrogens is 242 g/mol. The van der Waals surface area contributed by atoms with Gasteiger partial charge in [-0.3, -0.25) is 0 Å². The third-order valence-electron chi connectivity index (χ3n) is 1.41. The van der Waals surface area contributed by atoms with Crippen molar-refractivity contribution in [2.75, 3.05) is 7.11 Å². The molecule has 4 heteroatoms. The summed E-state index contributed by atoms with van der Waals surface area (Å²) in [5, 5.41) is 0. The highest BCUT2D eigenvalue weighted by atomic mass is 79.9. The van der Waals surface area contributed by atoms with Crippen molar-refractivity contribution in [3.8, 4) is 0 Å². The Morgan fingerprint density at radius 3 is 2.31 bits per heavy atom. The summed E-state index contributed by atoms with van der Waals surface area (Å²) < 4.78 is 31.0. The van der Waals surface area contributed by atoms with Gasteiger partial charge in [-0.25, -0.2) is 8.78 Å². The van der Waals surface area contributed by atoms with E-state index in [2.05, 4.69) is 20.7 Å². The van der Waals surface area contributed by atoms with Crippen LogP contribution in [0.5, 0.6) is 0 Å². The maximum atomic E-state index is 13.1. The Morgan fingerprint density at radius 1 is 1.31 bits per heavy atom. The fourth-order valence-electron chi connectivity index (χ4n) is 0.849. The lowest BCUT2D eigenvalue weighted by Crippen LogP contribution is -1.88. The van der Waals surface area contributed by atoms with Gasteiger partial charge in [0.1, 0.15) is 11.6 Å². The van der Waals surface area contributed by atoms with Gasteiger partial charge in [0.25, 0.3) is 0 Å². The number of benzene rings is 1. The van der Waals surface area contributed by atoms with Crippen LogP contribution < -0.4 is 0 Å². The van der Waals surface area contributed by atoms with Crippen LogP contribution in [0, 0.1) is 11.6 Å². The fraction of sp³-hybridized carbons (Fsp3) is 0.111. The maximum absolute atomic E-state index is 13.1. The molecule has 0 saturated carbocycles. The summed E-state index contributed by atoms with van der Waals surface area (Å²) in [6.07, 6.45) is 2.45. The summed E-state index contributed by atoms with van der Waals surface area (Å²) in [5.41, 5.74) is -0.106. The van der Waals surface area contributed by atoms with Crippen molar-refractivity contribution in [1.29, 1.82) is 0 Å². The van der Waals surface area contributed by atoms with Gasteiger partial charge in [-0.1, -0.05) is 15.9 Å². The van der Waals surface area contributed by atoms with E-state index in [1.54, 1.807) is 0 Å². The molecule has 0 radical (unpaired) electrons. The van der Waals surface area contributed by atoms with Gasteiger partial charge in [0.05, 0.1) is 13.4 Å². The van der Waals surface area contributed by atoms with E-state index < -0.39 is 11.6 Å². The molecule has 0 atom stereocenters. The molecule has 0 fully saturated rings. The van der Waals surface area contributed by atoms with E-state index in [4.69, 9.17) is 0 Å². The zero-order valence-electron chi connectivity index (χ0n) is 6.85. The molecule has 0 amide bonds. The highest BCUT2D eigenvalue weighted by Crippen LogP contribution is 2.20. The zero-order chi connectivity index (χ0) is 9.84. The largest absolute Gasteiger partial charge is 0.504 e. The fourth-order valence-corrected chi connectivity index (χ4v) is 1.25. The smallest absolute Gasteiger partial charge is 0.134 e. The molecule has 0 aliphatic carbocycles. The summed E-state index contributed by atoms with van der Waals surface area (Å²) in [5.74, 6) is -1.25. The van der Waals surface area contributed by atoms with E-state index in [0.717, 1.165) is 0 Å². The first-order valence-electron chi connectivity index (χ1n) is 3.49. The molecule has 0 N–H and O–H groups in total. The van der Waals surface area contributed by atoms with Crippen LogP contribution in [0.3, 0.4) is 0 Å². The van der Waals surface area contributed by atoms with E-state index in [9.17, 15) is 8.78 Å². The highest BCUT2D eigenvalue weighted by Gasteiger charge is 2.06. The van der Waals surface area contributed by atoms with Crippen LogP contribution in [-0.2, 0) is 4.74 Å². The van der Waals surface area contributed by atoms with E-state index in [1.165, 1.54) is 31.6 Å². The number of halogens is 3. The van der Waals surface area contributed by atoms with Gasteiger partial charge in [0.15, 0.2) is 0 Å². The first-order chi connectivity index (χ1) is 6.15. The molecule has 0 aromatic heterocycles. The minimum Gasteiger partial charge on any atom is -0.504 e. The topological polar surface area (TPSA) is 9.23 Å². The molecule has 0 aliphatic heterocycles. The van der Waals surface area contributed by atoms with Gasteiger partial charge in [0, 0.05) is 10.0 Å². The van der Waals surface area contributed by atoms with Gasteiger partial charge in [-0.15, -0.1) is 0 Å². The lowest BCUT2D eigenvalue weighted by Gasteiger charge is -1.99.